The molecule has 0 aromatic heterocycles. The van der Waals surface area contributed by atoms with Gasteiger partial charge in [-0.15, -0.1) is 0 Å². The van der Waals surface area contributed by atoms with Crippen LogP contribution in [-0.4, -0.2) is 5.51 Å². The van der Waals surface area contributed by atoms with Gasteiger partial charge in [0.2, 0.25) is 0 Å². The average Bonchev–Trinajstić information content (AvgIpc) is 2.04. The summed E-state index contributed by atoms with van der Waals surface area (Å²) in [5.74, 6) is 0. The Morgan fingerprint density at radius 1 is 1.12 bits per heavy atom. The van der Waals surface area contributed by atoms with E-state index >= 15 is 0 Å². The Bertz CT molecular complexity index is 380. The van der Waals surface area contributed by atoms with Gasteiger partial charge >= 0.3 is 5.51 Å². The van der Waals surface area contributed by atoms with E-state index in [0.717, 1.165) is 5.56 Å². The molecule has 2 N–H and O–H groups in total. The fourth-order valence-electron chi connectivity index (χ4n) is 1.21. The summed E-state index contributed by atoms with van der Waals surface area (Å²) in [6.45, 7) is 5.83. The minimum atomic E-state index is -4.30. The third-order valence-electron chi connectivity index (χ3n) is 2.11. The van der Waals surface area contributed by atoms with Gasteiger partial charge in [-0.25, -0.2) is 0 Å². The molecular weight excluding hydrogens is 235 g/mol. The Labute approximate surface area is 97.2 Å². The van der Waals surface area contributed by atoms with Gasteiger partial charge in [0.25, 0.3) is 0 Å². The number of nitrogens with two attached hydrogens (primary N) is 1. The lowest BCUT2D eigenvalue weighted by Gasteiger charge is -2.20. The molecule has 0 amide bonds. The quantitative estimate of drug-likeness (QED) is 0.597. The summed E-state index contributed by atoms with van der Waals surface area (Å²) in [5.41, 5.74) is 2.04. The van der Waals surface area contributed by atoms with E-state index < -0.39 is 5.51 Å². The van der Waals surface area contributed by atoms with Gasteiger partial charge in [-0.3, -0.25) is 0 Å². The van der Waals surface area contributed by atoms with E-state index in [1.54, 1.807) is 6.07 Å². The van der Waals surface area contributed by atoms with Crippen LogP contribution in [0.25, 0.3) is 0 Å². The zero-order valence-corrected chi connectivity index (χ0v) is 10.2. The summed E-state index contributed by atoms with van der Waals surface area (Å²) in [6, 6.07) is 4.79. The second kappa shape index (κ2) is 4.20. The summed E-state index contributed by atoms with van der Waals surface area (Å²) in [4.78, 5) is 0.0694. The van der Waals surface area contributed by atoms with E-state index in [9.17, 15) is 13.2 Å². The van der Waals surface area contributed by atoms with Crippen molar-refractivity contribution in [3.05, 3.63) is 23.8 Å². The predicted molar refractivity (Wildman–Crippen MR) is 61.5 cm³/mol. The Morgan fingerprint density at radius 2 is 1.69 bits per heavy atom. The molecule has 0 spiro atoms. The predicted octanol–water partition coefficient (Wildman–Crippen LogP) is 4.18. The van der Waals surface area contributed by atoms with Gasteiger partial charge in [0.05, 0.1) is 0 Å². The van der Waals surface area contributed by atoms with Crippen LogP contribution < -0.4 is 5.73 Å². The summed E-state index contributed by atoms with van der Waals surface area (Å²) < 4.78 is 36.8. The maximum atomic E-state index is 12.3. The van der Waals surface area contributed by atoms with E-state index in [1.807, 2.05) is 20.8 Å². The minimum absolute atomic E-state index is 0.0694. The minimum Gasteiger partial charge on any atom is -0.398 e. The van der Waals surface area contributed by atoms with Crippen LogP contribution in [-0.2, 0) is 5.41 Å². The van der Waals surface area contributed by atoms with Crippen LogP contribution in [0.4, 0.5) is 18.9 Å². The van der Waals surface area contributed by atoms with Crippen LogP contribution in [0, 0.1) is 0 Å². The third-order valence-corrected chi connectivity index (χ3v) is 2.91. The van der Waals surface area contributed by atoms with Gasteiger partial charge in [0, 0.05) is 10.6 Å². The van der Waals surface area contributed by atoms with E-state index in [-0.39, 0.29) is 27.8 Å². The first-order chi connectivity index (χ1) is 7.09. The first kappa shape index (κ1) is 13.2. The summed E-state index contributed by atoms with van der Waals surface area (Å²) in [7, 11) is 0. The number of rotatable bonds is 1. The van der Waals surface area contributed by atoms with E-state index in [2.05, 4.69) is 0 Å². The second-order valence-electron chi connectivity index (χ2n) is 4.55. The molecule has 1 rings (SSSR count). The molecule has 0 aliphatic rings. The van der Waals surface area contributed by atoms with Crippen molar-refractivity contribution in [2.75, 3.05) is 5.73 Å². The summed E-state index contributed by atoms with van der Waals surface area (Å²) in [5, 5.41) is 0. The summed E-state index contributed by atoms with van der Waals surface area (Å²) in [6.07, 6.45) is 0. The molecule has 0 bridgehead atoms. The molecule has 0 saturated carbocycles. The number of anilines is 1. The number of thioether (sulfide) groups is 1. The van der Waals surface area contributed by atoms with Gasteiger partial charge in [0.15, 0.2) is 0 Å². The van der Waals surface area contributed by atoms with Crippen molar-refractivity contribution in [1.29, 1.82) is 0 Å². The third kappa shape index (κ3) is 3.63. The van der Waals surface area contributed by atoms with Gasteiger partial charge in [0.1, 0.15) is 0 Å². The fraction of sp³-hybridized carbons (Fsp3) is 0.455. The van der Waals surface area contributed by atoms with Crippen molar-refractivity contribution in [1.82, 2.24) is 0 Å². The van der Waals surface area contributed by atoms with Crippen molar-refractivity contribution < 1.29 is 13.2 Å². The summed E-state index contributed by atoms with van der Waals surface area (Å²) >= 11 is -0.167. The molecule has 1 aromatic rings. The number of halogens is 3. The maximum Gasteiger partial charge on any atom is 0.446 e. The molecule has 0 aliphatic carbocycles. The smallest absolute Gasteiger partial charge is 0.398 e. The highest BCUT2D eigenvalue weighted by Crippen LogP contribution is 2.41. The van der Waals surface area contributed by atoms with E-state index in [4.69, 9.17) is 5.73 Å². The number of nitrogen functional groups attached to an aromatic ring is 1. The highest BCUT2D eigenvalue weighted by molar-refractivity contribution is 8.00. The van der Waals surface area contributed by atoms with Gasteiger partial charge in [-0.05, 0) is 34.9 Å². The Balaban J connectivity index is 3.10. The monoisotopic (exact) mass is 249 g/mol. The molecule has 5 heteroatoms. The highest BCUT2D eigenvalue weighted by Gasteiger charge is 2.30. The van der Waals surface area contributed by atoms with Crippen LogP contribution in [0.15, 0.2) is 23.1 Å². The molecule has 1 aromatic carbocycles. The van der Waals surface area contributed by atoms with Crippen LogP contribution in [0.5, 0.6) is 0 Å². The highest BCUT2D eigenvalue weighted by atomic mass is 32.2. The first-order valence-corrected chi connectivity index (χ1v) is 5.57. The molecule has 90 valence electrons. The molecule has 0 aliphatic heterocycles. The molecule has 0 saturated heterocycles. The molecule has 0 atom stereocenters. The lowest BCUT2D eigenvalue weighted by molar-refractivity contribution is -0.0328. The van der Waals surface area contributed by atoms with Crippen molar-refractivity contribution in [2.24, 2.45) is 0 Å². The standard InChI is InChI=1S/C11H14F3NS/c1-10(2,3)7-4-5-8(15)9(6-7)16-11(12,13)14/h4-6H,15H2,1-3H3. The Morgan fingerprint density at radius 3 is 2.12 bits per heavy atom. The SMILES string of the molecule is CC(C)(C)c1ccc(N)c(SC(F)(F)F)c1. The lowest BCUT2D eigenvalue weighted by Crippen LogP contribution is -2.12. The Hall–Kier alpha value is -0.840. The molecule has 0 heterocycles. The van der Waals surface area contributed by atoms with E-state index in [0.29, 0.717) is 0 Å². The number of hydrogen-bond acceptors (Lipinski definition) is 2. The second-order valence-corrected chi connectivity index (χ2v) is 5.66. The number of alkyl halides is 3. The van der Waals surface area contributed by atoms with Gasteiger partial charge in [-0.1, -0.05) is 26.8 Å². The first-order valence-electron chi connectivity index (χ1n) is 4.75. The number of benzene rings is 1. The topological polar surface area (TPSA) is 26.0 Å². The molecule has 16 heavy (non-hydrogen) atoms. The fourth-order valence-corrected chi connectivity index (χ4v) is 1.84. The van der Waals surface area contributed by atoms with Crippen molar-refractivity contribution in [3.63, 3.8) is 0 Å². The normalized spacial score (nSPS) is 12.9. The molecule has 0 fully saturated rings. The van der Waals surface area contributed by atoms with Crippen molar-refractivity contribution >= 4 is 17.4 Å². The largest absolute Gasteiger partial charge is 0.446 e. The van der Waals surface area contributed by atoms with Gasteiger partial charge < -0.3 is 5.73 Å². The van der Waals surface area contributed by atoms with Crippen LogP contribution in [0.1, 0.15) is 26.3 Å². The van der Waals surface area contributed by atoms with E-state index in [1.165, 1.54) is 12.1 Å². The van der Waals surface area contributed by atoms with Crippen molar-refractivity contribution in [3.8, 4) is 0 Å². The molecular formula is C11H14F3NS. The van der Waals surface area contributed by atoms with Crippen molar-refractivity contribution in [2.45, 2.75) is 36.6 Å². The maximum absolute atomic E-state index is 12.3. The number of hydrogen-bond donors (Lipinski definition) is 1. The Kier molecular flexibility index (Phi) is 3.47. The molecule has 0 unspecified atom stereocenters. The average molecular weight is 249 g/mol. The van der Waals surface area contributed by atoms with Crippen LogP contribution in [0.3, 0.4) is 0 Å². The molecule has 1 nitrogen and oxygen atoms in total. The zero-order chi connectivity index (χ0) is 12.6. The zero-order valence-electron chi connectivity index (χ0n) is 9.35. The molecule has 0 radical (unpaired) electrons. The van der Waals surface area contributed by atoms with Crippen LogP contribution in [0.2, 0.25) is 0 Å². The lowest BCUT2D eigenvalue weighted by atomic mass is 9.87. The van der Waals surface area contributed by atoms with Gasteiger partial charge in [-0.2, -0.15) is 13.2 Å². The van der Waals surface area contributed by atoms with Crippen LogP contribution >= 0.6 is 11.8 Å².